The lowest BCUT2D eigenvalue weighted by Crippen LogP contribution is -2.09. The van der Waals surface area contributed by atoms with Crippen LogP contribution in [0.25, 0.3) is 6.08 Å². The number of allylic oxidation sites excluding steroid dienone is 1. The summed E-state index contributed by atoms with van der Waals surface area (Å²) in [6.07, 6.45) is 1.48. The standard InChI is InChI=1S/C16H10BrNO4S/c17-12-7-10(3-4-13(12)22-9-15(19)20)6-11(8-18)16(21)14-2-1-5-23-14/h1-7H,9H2,(H,19,20)/b11-6+. The Morgan fingerprint density at radius 1 is 1.39 bits per heavy atom. The molecule has 0 saturated carbocycles. The maximum atomic E-state index is 12.2. The van der Waals surface area contributed by atoms with E-state index in [4.69, 9.17) is 9.84 Å². The van der Waals surface area contributed by atoms with Crippen molar-refractivity contribution in [2.75, 3.05) is 6.61 Å². The lowest BCUT2D eigenvalue weighted by molar-refractivity contribution is -0.139. The third kappa shape index (κ3) is 4.52. The van der Waals surface area contributed by atoms with Gasteiger partial charge >= 0.3 is 5.97 Å². The number of hydrogen-bond donors (Lipinski definition) is 1. The summed E-state index contributed by atoms with van der Waals surface area (Å²) < 4.78 is 5.63. The zero-order valence-corrected chi connectivity index (χ0v) is 14.1. The maximum absolute atomic E-state index is 12.2. The smallest absolute Gasteiger partial charge is 0.341 e. The molecule has 2 rings (SSSR count). The van der Waals surface area contributed by atoms with Gasteiger partial charge in [0.1, 0.15) is 17.4 Å². The van der Waals surface area contributed by atoms with E-state index in [-0.39, 0.29) is 11.4 Å². The SMILES string of the molecule is N#C/C(=C\c1ccc(OCC(=O)O)c(Br)c1)C(=O)c1cccs1. The largest absolute Gasteiger partial charge is 0.481 e. The van der Waals surface area contributed by atoms with Crippen LogP contribution in [0.2, 0.25) is 0 Å². The van der Waals surface area contributed by atoms with E-state index < -0.39 is 12.6 Å². The number of halogens is 1. The summed E-state index contributed by atoms with van der Waals surface area (Å²) in [4.78, 5) is 23.2. The van der Waals surface area contributed by atoms with E-state index in [9.17, 15) is 14.9 Å². The summed E-state index contributed by atoms with van der Waals surface area (Å²) in [5.74, 6) is -1.04. The summed E-state index contributed by atoms with van der Waals surface area (Å²) in [5, 5.41) is 19.6. The van der Waals surface area contributed by atoms with Crippen molar-refractivity contribution in [3.8, 4) is 11.8 Å². The Hall–Kier alpha value is -2.43. The number of nitriles is 1. The highest BCUT2D eigenvalue weighted by molar-refractivity contribution is 9.10. The highest BCUT2D eigenvalue weighted by atomic mass is 79.9. The third-order valence-electron chi connectivity index (χ3n) is 2.73. The summed E-state index contributed by atoms with van der Waals surface area (Å²) in [5.41, 5.74) is 0.652. The fourth-order valence-corrected chi connectivity index (χ4v) is 2.91. The Kier molecular flexibility index (Phi) is 5.68. The Morgan fingerprint density at radius 2 is 2.17 bits per heavy atom. The van der Waals surface area contributed by atoms with Crippen LogP contribution >= 0.6 is 27.3 Å². The molecule has 0 radical (unpaired) electrons. The van der Waals surface area contributed by atoms with Gasteiger partial charge in [0.05, 0.1) is 9.35 Å². The number of thiophene rings is 1. The Labute approximate surface area is 144 Å². The molecule has 2 aromatic rings. The molecule has 116 valence electrons. The van der Waals surface area contributed by atoms with E-state index >= 15 is 0 Å². The van der Waals surface area contributed by atoms with Crippen LogP contribution in [-0.4, -0.2) is 23.5 Å². The highest BCUT2D eigenvalue weighted by Gasteiger charge is 2.13. The average Bonchev–Trinajstić information content (AvgIpc) is 3.05. The van der Waals surface area contributed by atoms with E-state index in [1.165, 1.54) is 17.4 Å². The van der Waals surface area contributed by atoms with Crippen molar-refractivity contribution in [2.45, 2.75) is 0 Å². The van der Waals surface area contributed by atoms with Crippen LogP contribution in [0.15, 0.2) is 45.8 Å². The molecule has 0 spiro atoms. The third-order valence-corrected chi connectivity index (χ3v) is 4.22. The van der Waals surface area contributed by atoms with Crippen LogP contribution in [0.4, 0.5) is 0 Å². The molecule has 1 aromatic heterocycles. The molecule has 0 aliphatic heterocycles. The number of nitrogens with zero attached hydrogens (tertiary/aromatic N) is 1. The van der Waals surface area contributed by atoms with Crippen LogP contribution in [0.5, 0.6) is 5.75 Å². The molecular weight excluding hydrogens is 382 g/mol. The second-order valence-corrected chi connectivity index (χ2v) is 6.15. The van der Waals surface area contributed by atoms with Crippen LogP contribution in [-0.2, 0) is 4.79 Å². The van der Waals surface area contributed by atoms with E-state index in [1.807, 2.05) is 6.07 Å². The quantitative estimate of drug-likeness (QED) is 0.460. The Balaban J connectivity index is 2.24. The average molecular weight is 392 g/mol. The van der Waals surface area contributed by atoms with E-state index in [2.05, 4.69) is 15.9 Å². The molecule has 1 aromatic carbocycles. The topological polar surface area (TPSA) is 87.4 Å². The number of ketones is 1. The van der Waals surface area contributed by atoms with Crippen molar-refractivity contribution >= 4 is 45.1 Å². The minimum Gasteiger partial charge on any atom is -0.481 e. The van der Waals surface area contributed by atoms with Gasteiger partial charge < -0.3 is 9.84 Å². The number of ether oxygens (including phenoxy) is 1. The summed E-state index contributed by atoms with van der Waals surface area (Å²) >= 11 is 4.55. The van der Waals surface area contributed by atoms with Crippen molar-refractivity contribution in [2.24, 2.45) is 0 Å². The van der Waals surface area contributed by atoms with Gasteiger partial charge in [-0.2, -0.15) is 5.26 Å². The summed E-state index contributed by atoms with van der Waals surface area (Å²) in [6.45, 7) is -0.450. The van der Waals surface area contributed by atoms with Gasteiger partial charge in [-0.1, -0.05) is 12.1 Å². The predicted molar refractivity (Wildman–Crippen MR) is 89.5 cm³/mol. The van der Waals surface area contributed by atoms with Crippen molar-refractivity contribution in [3.05, 3.63) is 56.2 Å². The first-order valence-electron chi connectivity index (χ1n) is 6.35. The Bertz CT molecular complexity index is 806. The molecule has 0 aliphatic carbocycles. The summed E-state index contributed by atoms with van der Waals surface area (Å²) in [6, 6.07) is 10.2. The predicted octanol–water partition coefficient (Wildman–Crippen LogP) is 3.76. The van der Waals surface area contributed by atoms with Crippen LogP contribution < -0.4 is 4.74 Å². The molecule has 7 heteroatoms. The molecule has 0 saturated heterocycles. The molecule has 0 aliphatic rings. The summed E-state index contributed by atoms with van der Waals surface area (Å²) in [7, 11) is 0. The lowest BCUT2D eigenvalue weighted by atomic mass is 10.1. The van der Waals surface area contributed by atoms with E-state index in [0.717, 1.165) is 0 Å². The number of carbonyl (C=O) groups is 2. The fourth-order valence-electron chi connectivity index (χ4n) is 1.72. The number of Topliss-reactive ketones (excluding diaryl/α,β-unsaturated/α-hetero) is 1. The Morgan fingerprint density at radius 3 is 2.74 bits per heavy atom. The number of carbonyl (C=O) groups excluding carboxylic acids is 1. The van der Waals surface area contributed by atoms with Gasteiger partial charge in [-0.05, 0) is 51.1 Å². The highest BCUT2D eigenvalue weighted by Crippen LogP contribution is 2.27. The zero-order chi connectivity index (χ0) is 16.8. The van der Waals surface area contributed by atoms with Gasteiger partial charge in [-0.15, -0.1) is 11.3 Å². The monoisotopic (exact) mass is 391 g/mol. The zero-order valence-electron chi connectivity index (χ0n) is 11.7. The van der Waals surface area contributed by atoms with Gasteiger partial charge in [0, 0.05) is 0 Å². The number of hydrogen-bond acceptors (Lipinski definition) is 5. The first kappa shape index (κ1) is 16.9. The first-order valence-corrected chi connectivity index (χ1v) is 8.02. The second kappa shape index (κ2) is 7.72. The minimum absolute atomic E-state index is 0.0264. The number of rotatable bonds is 6. The molecular formula is C16H10BrNO4S. The van der Waals surface area contributed by atoms with E-state index in [0.29, 0.717) is 20.7 Å². The lowest BCUT2D eigenvalue weighted by Gasteiger charge is -2.06. The van der Waals surface area contributed by atoms with Gasteiger partial charge in [0.25, 0.3) is 0 Å². The van der Waals surface area contributed by atoms with Gasteiger partial charge in [-0.25, -0.2) is 4.79 Å². The second-order valence-electron chi connectivity index (χ2n) is 4.35. The number of carboxylic acids is 1. The molecule has 0 unspecified atom stereocenters. The molecule has 23 heavy (non-hydrogen) atoms. The number of benzene rings is 1. The molecule has 0 amide bonds. The maximum Gasteiger partial charge on any atom is 0.341 e. The molecule has 0 fully saturated rings. The van der Waals surface area contributed by atoms with E-state index in [1.54, 1.807) is 35.7 Å². The van der Waals surface area contributed by atoms with Crippen LogP contribution in [0.1, 0.15) is 15.2 Å². The van der Waals surface area contributed by atoms with Crippen molar-refractivity contribution in [3.63, 3.8) is 0 Å². The molecule has 0 bridgehead atoms. The molecule has 1 N–H and O–H groups in total. The van der Waals surface area contributed by atoms with Gasteiger partial charge in [0.2, 0.25) is 5.78 Å². The van der Waals surface area contributed by atoms with Crippen LogP contribution in [0.3, 0.4) is 0 Å². The number of aliphatic carboxylic acids is 1. The fraction of sp³-hybridized carbons (Fsp3) is 0.0625. The number of carboxylic acid groups (broad SMARTS) is 1. The van der Waals surface area contributed by atoms with Gasteiger partial charge in [0.15, 0.2) is 6.61 Å². The van der Waals surface area contributed by atoms with Crippen LogP contribution in [0, 0.1) is 11.3 Å². The normalized spacial score (nSPS) is 10.9. The first-order chi connectivity index (χ1) is 11.0. The van der Waals surface area contributed by atoms with Crippen molar-refractivity contribution < 1.29 is 19.4 Å². The molecule has 1 heterocycles. The van der Waals surface area contributed by atoms with Crippen molar-refractivity contribution in [1.82, 2.24) is 0 Å². The molecule has 0 atom stereocenters. The van der Waals surface area contributed by atoms with Crippen molar-refractivity contribution in [1.29, 1.82) is 5.26 Å². The molecule has 5 nitrogen and oxygen atoms in total. The van der Waals surface area contributed by atoms with Gasteiger partial charge in [-0.3, -0.25) is 4.79 Å². The minimum atomic E-state index is -1.07.